The number of nitrogens with zero attached hydrogens (tertiary/aromatic N) is 4. The van der Waals surface area contributed by atoms with Gasteiger partial charge in [-0.25, -0.2) is 9.80 Å². The molecule has 4 heterocycles. The molecule has 1 atom stereocenters. The van der Waals surface area contributed by atoms with E-state index in [-0.39, 0.29) is 30.6 Å². The highest BCUT2D eigenvalue weighted by molar-refractivity contribution is 7.12. The fraction of sp³-hybridized carbons (Fsp3) is 0.522. The maximum absolute atomic E-state index is 13.5. The van der Waals surface area contributed by atoms with Crippen molar-refractivity contribution in [2.45, 2.75) is 32.4 Å². The molecule has 33 heavy (non-hydrogen) atoms. The molecule has 1 unspecified atom stereocenters. The zero-order valence-corrected chi connectivity index (χ0v) is 20.7. The highest BCUT2D eigenvalue weighted by atomic mass is 32.1. The largest absolute Gasteiger partial charge is 0.379 e. The standard InChI is InChI=1S/C23H31N5O3S2/c1-17(2)24-23(30)27(8-7-26-9-11-31-12-10-26)16-22(29)28-19(21-6-4-14-33-21)15-18(25-28)20-5-3-13-32-20/h3-6,13-14,17,19H,7-12,15-16H2,1-2H3,(H,24,30). The van der Waals surface area contributed by atoms with E-state index in [1.165, 1.54) is 0 Å². The summed E-state index contributed by atoms with van der Waals surface area (Å²) < 4.78 is 5.42. The minimum Gasteiger partial charge on any atom is -0.379 e. The molecule has 10 heteroatoms. The van der Waals surface area contributed by atoms with Crippen LogP contribution in [0, 0.1) is 0 Å². The van der Waals surface area contributed by atoms with Gasteiger partial charge in [-0.3, -0.25) is 9.69 Å². The smallest absolute Gasteiger partial charge is 0.318 e. The molecule has 0 aromatic carbocycles. The van der Waals surface area contributed by atoms with E-state index in [2.05, 4.69) is 10.2 Å². The first kappa shape index (κ1) is 23.9. The van der Waals surface area contributed by atoms with Crippen LogP contribution in [0.3, 0.4) is 0 Å². The van der Waals surface area contributed by atoms with Gasteiger partial charge in [-0.1, -0.05) is 12.1 Å². The Morgan fingerprint density at radius 2 is 1.97 bits per heavy atom. The number of amides is 3. The Kier molecular flexibility index (Phi) is 8.13. The number of nitrogens with one attached hydrogen (secondary N) is 1. The lowest BCUT2D eigenvalue weighted by Gasteiger charge is -2.31. The molecule has 2 aromatic heterocycles. The van der Waals surface area contributed by atoms with E-state index in [9.17, 15) is 9.59 Å². The molecule has 0 spiro atoms. The third-order valence-electron chi connectivity index (χ3n) is 5.66. The molecular weight excluding hydrogens is 458 g/mol. The first-order valence-electron chi connectivity index (χ1n) is 11.3. The van der Waals surface area contributed by atoms with Crippen molar-refractivity contribution >= 4 is 40.3 Å². The van der Waals surface area contributed by atoms with Crippen molar-refractivity contribution in [2.24, 2.45) is 5.10 Å². The SMILES string of the molecule is CC(C)NC(=O)N(CCN1CCOCC1)CC(=O)N1N=C(c2cccs2)CC1c1cccs1. The summed E-state index contributed by atoms with van der Waals surface area (Å²) in [6.45, 7) is 8.11. The van der Waals surface area contributed by atoms with E-state index >= 15 is 0 Å². The Labute approximate surface area is 202 Å². The number of urea groups is 1. The summed E-state index contributed by atoms with van der Waals surface area (Å²) in [4.78, 5) is 32.5. The maximum Gasteiger partial charge on any atom is 0.318 e. The van der Waals surface area contributed by atoms with Crippen LogP contribution >= 0.6 is 22.7 Å². The lowest BCUT2D eigenvalue weighted by molar-refractivity contribution is -0.133. The first-order chi connectivity index (χ1) is 16.0. The van der Waals surface area contributed by atoms with Crippen LogP contribution in [-0.2, 0) is 9.53 Å². The van der Waals surface area contributed by atoms with Gasteiger partial charge in [0.1, 0.15) is 6.54 Å². The molecule has 0 aliphatic carbocycles. The Morgan fingerprint density at radius 3 is 2.64 bits per heavy atom. The topological polar surface area (TPSA) is 77.5 Å². The normalized spacial score (nSPS) is 19.1. The third kappa shape index (κ3) is 6.20. The van der Waals surface area contributed by atoms with Gasteiger partial charge in [-0.15, -0.1) is 22.7 Å². The van der Waals surface area contributed by atoms with Crippen molar-refractivity contribution in [3.05, 3.63) is 44.8 Å². The summed E-state index contributed by atoms with van der Waals surface area (Å²) in [7, 11) is 0. The highest BCUT2D eigenvalue weighted by Crippen LogP contribution is 2.36. The number of carbonyl (C=O) groups is 2. The van der Waals surface area contributed by atoms with Gasteiger partial charge in [-0.05, 0) is 36.7 Å². The summed E-state index contributed by atoms with van der Waals surface area (Å²) >= 11 is 3.26. The van der Waals surface area contributed by atoms with Gasteiger partial charge in [0.05, 0.1) is 29.8 Å². The van der Waals surface area contributed by atoms with Gasteiger partial charge in [0.25, 0.3) is 5.91 Å². The van der Waals surface area contributed by atoms with Crippen molar-refractivity contribution in [3.63, 3.8) is 0 Å². The van der Waals surface area contributed by atoms with E-state index < -0.39 is 0 Å². The number of ether oxygens (including phenoxy) is 1. The van der Waals surface area contributed by atoms with Crippen molar-refractivity contribution in [3.8, 4) is 0 Å². The summed E-state index contributed by atoms with van der Waals surface area (Å²) in [5.74, 6) is -0.166. The Balaban J connectivity index is 1.49. The molecule has 2 aromatic rings. The summed E-state index contributed by atoms with van der Waals surface area (Å²) in [6, 6.07) is 7.71. The van der Waals surface area contributed by atoms with Crippen molar-refractivity contribution in [1.29, 1.82) is 0 Å². The maximum atomic E-state index is 13.5. The van der Waals surface area contributed by atoms with Gasteiger partial charge < -0.3 is 15.0 Å². The van der Waals surface area contributed by atoms with Crippen LogP contribution in [0.5, 0.6) is 0 Å². The number of hydrogen-bond donors (Lipinski definition) is 1. The Hall–Kier alpha value is -2.27. The van der Waals surface area contributed by atoms with Crippen molar-refractivity contribution in [1.82, 2.24) is 20.1 Å². The first-order valence-corrected chi connectivity index (χ1v) is 13.1. The van der Waals surface area contributed by atoms with E-state index in [0.717, 1.165) is 28.6 Å². The van der Waals surface area contributed by atoms with Gasteiger partial charge >= 0.3 is 6.03 Å². The molecule has 0 bridgehead atoms. The molecule has 2 aliphatic heterocycles. The Bertz CT molecular complexity index is 939. The number of morpholine rings is 1. The van der Waals surface area contributed by atoms with E-state index in [1.807, 2.05) is 48.9 Å². The lowest BCUT2D eigenvalue weighted by atomic mass is 10.1. The molecule has 0 radical (unpaired) electrons. The molecule has 1 saturated heterocycles. The van der Waals surface area contributed by atoms with Crippen molar-refractivity contribution in [2.75, 3.05) is 45.9 Å². The second-order valence-electron chi connectivity index (χ2n) is 8.48. The van der Waals surface area contributed by atoms with Crippen LogP contribution in [-0.4, -0.2) is 84.4 Å². The summed E-state index contributed by atoms with van der Waals surface area (Å²) in [5.41, 5.74) is 0.920. The predicted octanol–water partition coefficient (Wildman–Crippen LogP) is 3.24. The van der Waals surface area contributed by atoms with Crippen LogP contribution in [0.15, 0.2) is 40.1 Å². The predicted molar refractivity (Wildman–Crippen MR) is 132 cm³/mol. The molecule has 4 rings (SSSR count). The average molecular weight is 490 g/mol. The van der Waals surface area contributed by atoms with Crippen LogP contribution in [0.4, 0.5) is 4.79 Å². The molecule has 8 nitrogen and oxygen atoms in total. The number of carbonyl (C=O) groups excluding carboxylic acids is 2. The van der Waals surface area contributed by atoms with E-state index in [0.29, 0.717) is 32.7 Å². The zero-order chi connectivity index (χ0) is 23.2. The van der Waals surface area contributed by atoms with E-state index in [1.54, 1.807) is 32.6 Å². The molecule has 3 amide bonds. The van der Waals surface area contributed by atoms with Crippen LogP contribution in [0.25, 0.3) is 0 Å². The average Bonchev–Trinajstić information content (AvgIpc) is 3.57. The second-order valence-corrected chi connectivity index (χ2v) is 10.4. The highest BCUT2D eigenvalue weighted by Gasteiger charge is 2.35. The monoisotopic (exact) mass is 489 g/mol. The van der Waals surface area contributed by atoms with Gasteiger partial charge in [0.2, 0.25) is 0 Å². The summed E-state index contributed by atoms with van der Waals surface area (Å²) in [5, 5.41) is 13.3. The third-order valence-corrected chi connectivity index (χ3v) is 7.55. The minimum atomic E-state index is -0.221. The molecule has 0 saturated carbocycles. The molecule has 1 N–H and O–H groups in total. The quantitative estimate of drug-likeness (QED) is 0.618. The van der Waals surface area contributed by atoms with Gasteiger partial charge in [0.15, 0.2) is 0 Å². The number of rotatable bonds is 8. The minimum absolute atomic E-state index is 0.00686. The lowest BCUT2D eigenvalue weighted by Crippen LogP contribution is -2.50. The summed E-state index contributed by atoms with van der Waals surface area (Å²) in [6.07, 6.45) is 0.679. The molecular formula is C23H31N5O3S2. The second kappa shape index (κ2) is 11.2. The zero-order valence-electron chi connectivity index (χ0n) is 19.1. The number of thiophene rings is 2. The van der Waals surface area contributed by atoms with Gasteiger partial charge in [-0.2, -0.15) is 5.10 Å². The number of hydrazone groups is 1. The molecule has 178 valence electrons. The molecule has 2 aliphatic rings. The van der Waals surface area contributed by atoms with Crippen LogP contribution in [0.1, 0.15) is 36.1 Å². The number of hydrogen-bond acceptors (Lipinski definition) is 7. The fourth-order valence-corrected chi connectivity index (χ4v) is 5.48. The van der Waals surface area contributed by atoms with Gasteiger partial charge in [0, 0.05) is 43.5 Å². The van der Waals surface area contributed by atoms with Crippen LogP contribution in [0.2, 0.25) is 0 Å². The van der Waals surface area contributed by atoms with E-state index in [4.69, 9.17) is 9.84 Å². The van der Waals surface area contributed by atoms with Crippen molar-refractivity contribution < 1.29 is 14.3 Å². The molecule has 1 fully saturated rings. The fourth-order valence-electron chi connectivity index (χ4n) is 3.95. The Morgan fingerprint density at radius 1 is 1.21 bits per heavy atom. The van der Waals surface area contributed by atoms with Crippen LogP contribution < -0.4 is 5.32 Å².